The number of hydrogen-bond donors (Lipinski definition) is 2. The fourth-order valence-corrected chi connectivity index (χ4v) is 2.54. The van der Waals surface area contributed by atoms with Crippen LogP contribution in [-0.4, -0.2) is 50.1 Å². The summed E-state index contributed by atoms with van der Waals surface area (Å²) in [6.45, 7) is 8.00. The molecule has 1 aliphatic carbocycles. The molecule has 0 aromatic rings. The molecule has 0 atom stereocenters. The van der Waals surface area contributed by atoms with Crippen LogP contribution in [0.2, 0.25) is 0 Å². The zero-order valence-corrected chi connectivity index (χ0v) is 12.8. The Morgan fingerprint density at radius 2 is 1.74 bits per heavy atom. The highest BCUT2D eigenvalue weighted by Gasteiger charge is 2.23. The first-order chi connectivity index (χ1) is 8.78. The Kier molecular flexibility index (Phi) is 7.73. The quantitative estimate of drug-likeness (QED) is 0.742. The van der Waals surface area contributed by atoms with Gasteiger partial charge in [0, 0.05) is 6.54 Å². The summed E-state index contributed by atoms with van der Waals surface area (Å²) >= 11 is 0. The lowest BCUT2D eigenvalue weighted by molar-refractivity contribution is -0.122. The van der Waals surface area contributed by atoms with Gasteiger partial charge in [-0.15, -0.1) is 12.4 Å². The number of nitrogens with one attached hydrogen (secondary N) is 2. The molecule has 1 saturated heterocycles. The van der Waals surface area contributed by atoms with Gasteiger partial charge < -0.3 is 10.6 Å². The van der Waals surface area contributed by atoms with Gasteiger partial charge in [-0.3, -0.25) is 9.69 Å². The first-order valence-electron chi connectivity index (χ1n) is 7.47. The molecule has 0 radical (unpaired) electrons. The van der Waals surface area contributed by atoms with E-state index in [1.807, 2.05) is 0 Å². The van der Waals surface area contributed by atoms with Crippen molar-refractivity contribution in [3.05, 3.63) is 0 Å². The lowest BCUT2D eigenvalue weighted by atomic mass is 9.97. The summed E-state index contributed by atoms with van der Waals surface area (Å²) in [6.07, 6.45) is 5.05. The monoisotopic (exact) mass is 289 g/mol. The summed E-state index contributed by atoms with van der Waals surface area (Å²) in [5, 5.41) is 6.46. The molecule has 1 heterocycles. The average molecular weight is 290 g/mol. The number of halogens is 1. The molecule has 2 N–H and O–H groups in total. The lowest BCUT2D eigenvalue weighted by Crippen LogP contribution is -2.43. The second kappa shape index (κ2) is 8.77. The van der Waals surface area contributed by atoms with Crippen molar-refractivity contribution in [2.45, 2.75) is 32.6 Å². The molecular formula is C14H28ClN3O. The molecule has 112 valence electrons. The van der Waals surface area contributed by atoms with Gasteiger partial charge >= 0.3 is 0 Å². The van der Waals surface area contributed by atoms with Crippen molar-refractivity contribution in [3.63, 3.8) is 0 Å². The number of carbonyl (C=O) groups is 1. The molecule has 4 nitrogen and oxygen atoms in total. The molecule has 0 spiro atoms. The third-order valence-electron chi connectivity index (χ3n) is 4.04. The predicted octanol–water partition coefficient (Wildman–Crippen LogP) is 1.26. The van der Waals surface area contributed by atoms with Crippen molar-refractivity contribution in [2.75, 3.05) is 39.3 Å². The first-order valence-corrected chi connectivity index (χ1v) is 7.47. The smallest absolute Gasteiger partial charge is 0.234 e. The van der Waals surface area contributed by atoms with Crippen LogP contribution in [0.3, 0.4) is 0 Å². The molecule has 1 amide bonds. The van der Waals surface area contributed by atoms with Gasteiger partial charge in [0.25, 0.3) is 0 Å². The van der Waals surface area contributed by atoms with E-state index in [1.54, 1.807) is 0 Å². The van der Waals surface area contributed by atoms with E-state index < -0.39 is 0 Å². The third-order valence-corrected chi connectivity index (χ3v) is 4.04. The SMILES string of the molecule is CCNCC1CCN(CC(=O)NCC2CC2)CC1.Cl. The molecular weight excluding hydrogens is 262 g/mol. The highest BCUT2D eigenvalue weighted by molar-refractivity contribution is 5.85. The van der Waals surface area contributed by atoms with Crippen LogP contribution < -0.4 is 10.6 Å². The van der Waals surface area contributed by atoms with E-state index in [9.17, 15) is 4.79 Å². The van der Waals surface area contributed by atoms with E-state index >= 15 is 0 Å². The predicted molar refractivity (Wildman–Crippen MR) is 80.7 cm³/mol. The summed E-state index contributed by atoms with van der Waals surface area (Å²) in [7, 11) is 0. The van der Waals surface area contributed by atoms with E-state index in [4.69, 9.17) is 0 Å². The summed E-state index contributed by atoms with van der Waals surface area (Å²) in [6, 6.07) is 0. The Hall–Kier alpha value is -0.320. The number of hydrogen-bond acceptors (Lipinski definition) is 3. The average Bonchev–Trinajstić information content (AvgIpc) is 3.20. The van der Waals surface area contributed by atoms with Gasteiger partial charge in [0.15, 0.2) is 0 Å². The van der Waals surface area contributed by atoms with Crippen LogP contribution in [0, 0.1) is 11.8 Å². The maximum atomic E-state index is 11.7. The molecule has 0 unspecified atom stereocenters. The Balaban J connectivity index is 0.00000180. The zero-order chi connectivity index (χ0) is 12.8. The Bertz CT molecular complexity index is 263. The Morgan fingerprint density at radius 1 is 1.11 bits per heavy atom. The largest absolute Gasteiger partial charge is 0.355 e. The third kappa shape index (κ3) is 6.59. The van der Waals surface area contributed by atoms with Gasteiger partial charge in [0.1, 0.15) is 0 Å². The van der Waals surface area contributed by atoms with Gasteiger partial charge in [-0.05, 0) is 63.7 Å². The Labute approximate surface area is 123 Å². The minimum Gasteiger partial charge on any atom is -0.355 e. The minimum atomic E-state index is 0. The van der Waals surface area contributed by atoms with E-state index in [1.165, 1.54) is 25.7 Å². The molecule has 0 bridgehead atoms. The first kappa shape index (κ1) is 16.7. The second-order valence-electron chi connectivity index (χ2n) is 5.77. The standard InChI is InChI=1S/C14H27N3O.ClH/c1-2-15-9-13-5-7-17(8-6-13)11-14(18)16-10-12-3-4-12;/h12-13,15H,2-11H2,1H3,(H,16,18);1H. The van der Waals surface area contributed by atoms with Gasteiger partial charge in [-0.1, -0.05) is 6.92 Å². The van der Waals surface area contributed by atoms with Crippen LogP contribution in [0.25, 0.3) is 0 Å². The summed E-state index contributed by atoms with van der Waals surface area (Å²) in [5.41, 5.74) is 0. The number of carbonyl (C=O) groups excluding carboxylic acids is 1. The number of likely N-dealkylation sites (tertiary alicyclic amines) is 1. The maximum absolute atomic E-state index is 11.7. The lowest BCUT2D eigenvalue weighted by Gasteiger charge is -2.31. The van der Waals surface area contributed by atoms with Crippen LogP contribution in [0.4, 0.5) is 0 Å². The van der Waals surface area contributed by atoms with Crippen LogP contribution in [-0.2, 0) is 4.79 Å². The van der Waals surface area contributed by atoms with Crippen LogP contribution in [0.15, 0.2) is 0 Å². The van der Waals surface area contributed by atoms with Crippen LogP contribution >= 0.6 is 12.4 Å². The normalized spacial score (nSPS) is 20.9. The number of amides is 1. The molecule has 5 heteroatoms. The van der Waals surface area contributed by atoms with Crippen molar-refractivity contribution in [2.24, 2.45) is 11.8 Å². The second-order valence-corrected chi connectivity index (χ2v) is 5.77. The van der Waals surface area contributed by atoms with E-state index in [0.717, 1.165) is 44.6 Å². The Morgan fingerprint density at radius 3 is 2.32 bits per heavy atom. The van der Waals surface area contributed by atoms with Crippen molar-refractivity contribution >= 4 is 18.3 Å². The summed E-state index contributed by atoms with van der Waals surface area (Å²) < 4.78 is 0. The highest BCUT2D eigenvalue weighted by atomic mass is 35.5. The molecule has 2 fully saturated rings. The molecule has 19 heavy (non-hydrogen) atoms. The van der Waals surface area contributed by atoms with Crippen molar-refractivity contribution in [3.8, 4) is 0 Å². The van der Waals surface area contributed by atoms with Gasteiger partial charge in [0.2, 0.25) is 5.91 Å². The number of nitrogens with zero attached hydrogens (tertiary/aromatic N) is 1. The van der Waals surface area contributed by atoms with E-state index in [2.05, 4.69) is 22.5 Å². The van der Waals surface area contributed by atoms with Crippen molar-refractivity contribution < 1.29 is 4.79 Å². The summed E-state index contributed by atoms with van der Waals surface area (Å²) in [4.78, 5) is 14.0. The fraction of sp³-hybridized carbons (Fsp3) is 0.929. The van der Waals surface area contributed by atoms with Crippen molar-refractivity contribution in [1.29, 1.82) is 0 Å². The molecule has 0 aromatic carbocycles. The fourth-order valence-electron chi connectivity index (χ4n) is 2.54. The van der Waals surface area contributed by atoms with Gasteiger partial charge in [0.05, 0.1) is 6.54 Å². The summed E-state index contributed by atoms with van der Waals surface area (Å²) in [5.74, 6) is 1.79. The number of piperidine rings is 1. The number of rotatable bonds is 7. The van der Waals surface area contributed by atoms with Gasteiger partial charge in [-0.2, -0.15) is 0 Å². The molecule has 0 aromatic heterocycles. The topological polar surface area (TPSA) is 44.4 Å². The van der Waals surface area contributed by atoms with E-state index in [0.29, 0.717) is 6.54 Å². The molecule has 1 saturated carbocycles. The highest BCUT2D eigenvalue weighted by Crippen LogP contribution is 2.27. The zero-order valence-electron chi connectivity index (χ0n) is 12.0. The van der Waals surface area contributed by atoms with Crippen LogP contribution in [0.1, 0.15) is 32.6 Å². The minimum absolute atomic E-state index is 0. The molecule has 1 aliphatic heterocycles. The van der Waals surface area contributed by atoms with E-state index in [-0.39, 0.29) is 18.3 Å². The van der Waals surface area contributed by atoms with Crippen molar-refractivity contribution in [1.82, 2.24) is 15.5 Å². The van der Waals surface area contributed by atoms with Crippen LogP contribution in [0.5, 0.6) is 0 Å². The maximum Gasteiger partial charge on any atom is 0.234 e. The molecule has 2 aliphatic rings. The van der Waals surface area contributed by atoms with Gasteiger partial charge in [-0.25, -0.2) is 0 Å². The molecule has 2 rings (SSSR count).